The molecule has 2 aliphatic rings. The summed E-state index contributed by atoms with van der Waals surface area (Å²) < 4.78 is 0. The van der Waals surface area contributed by atoms with Gasteiger partial charge in [0.15, 0.2) is 0 Å². The summed E-state index contributed by atoms with van der Waals surface area (Å²) in [6.45, 7) is 5.47. The highest BCUT2D eigenvalue weighted by Gasteiger charge is 2.45. The van der Waals surface area contributed by atoms with Crippen LogP contribution in [0.1, 0.15) is 45.1 Å². The molecule has 2 heteroatoms. The van der Waals surface area contributed by atoms with Gasteiger partial charge >= 0.3 is 0 Å². The van der Waals surface area contributed by atoms with Gasteiger partial charge in [-0.3, -0.25) is 4.79 Å². The van der Waals surface area contributed by atoms with Crippen molar-refractivity contribution in [1.29, 1.82) is 0 Å². The maximum Gasteiger partial charge on any atom is 0.223 e. The van der Waals surface area contributed by atoms with Crippen molar-refractivity contribution in [3.63, 3.8) is 0 Å². The lowest BCUT2D eigenvalue weighted by Crippen LogP contribution is -2.41. The van der Waals surface area contributed by atoms with Gasteiger partial charge in [-0.1, -0.05) is 44.2 Å². The third-order valence-electron chi connectivity index (χ3n) is 4.85. The first-order valence-corrected chi connectivity index (χ1v) is 7.39. The Morgan fingerprint density at radius 1 is 1.26 bits per heavy atom. The molecule has 1 heterocycles. The van der Waals surface area contributed by atoms with Crippen molar-refractivity contribution in [3.05, 3.63) is 35.9 Å². The first-order chi connectivity index (χ1) is 9.05. The Balaban J connectivity index is 1.78. The van der Waals surface area contributed by atoms with E-state index in [9.17, 15) is 4.79 Å². The van der Waals surface area contributed by atoms with E-state index in [2.05, 4.69) is 43.0 Å². The van der Waals surface area contributed by atoms with Crippen LogP contribution in [0.25, 0.3) is 0 Å². The zero-order valence-electron chi connectivity index (χ0n) is 11.9. The Bertz CT molecular complexity index is 465. The Hall–Kier alpha value is -1.31. The van der Waals surface area contributed by atoms with Gasteiger partial charge in [0.25, 0.3) is 0 Å². The van der Waals surface area contributed by atoms with E-state index in [1.165, 1.54) is 18.4 Å². The van der Waals surface area contributed by atoms with Gasteiger partial charge in [0.2, 0.25) is 5.91 Å². The van der Waals surface area contributed by atoms with Crippen LogP contribution in [0, 0.1) is 11.3 Å². The normalized spacial score (nSPS) is 29.4. The number of hydrogen-bond donors (Lipinski definition) is 0. The van der Waals surface area contributed by atoms with Gasteiger partial charge < -0.3 is 4.90 Å². The molecule has 0 unspecified atom stereocenters. The third-order valence-corrected chi connectivity index (χ3v) is 4.85. The Labute approximate surface area is 115 Å². The van der Waals surface area contributed by atoms with Crippen LogP contribution in [0.4, 0.5) is 0 Å². The number of benzene rings is 1. The van der Waals surface area contributed by atoms with E-state index in [4.69, 9.17) is 0 Å². The summed E-state index contributed by atoms with van der Waals surface area (Å²) in [6.07, 6.45) is 4.42. The van der Waals surface area contributed by atoms with Crippen LogP contribution in [0.5, 0.6) is 0 Å². The number of rotatable bonds is 2. The summed E-state index contributed by atoms with van der Waals surface area (Å²) in [6, 6.07) is 10.8. The molecule has 1 aromatic carbocycles. The maximum atomic E-state index is 12.3. The van der Waals surface area contributed by atoms with Gasteiger partial charge in [-0.15, -0.1) is 0 Å². The highest BCUT2D eigenvalue weighted by Crippen LogP contribution is 2.45. The summed E-state index contributed by atoms with van der Waals surface area (Å²) in [5.74, 6) is 0.959. The fourth-order valence-electron chi connectivity index (χ4n) is 3.72. The van der Waals surface area contributed by atoms with Crippen LogP contribution in [0.3, 0.4) is 0 Å². The molecule has 102 valence electrons. The molecule has 0 N–H and O–H groups in total. The summed E-state index contributed by atoms with van der Waals surface area (Å²) in [5, 5.41) is 0. The summed E-state index contributed by atoms with van der Waals surface area (Å²) in [4.78, 5) is 14.4. The quantitative estimate of drug-likeness (QED) is 0.792. The van der Waals surface area contributed by atoms with E-state index in [0.29, 0.717) is 23.3 Å². The number of nitrogens with zero attached hydrogens (tertiary/aromatic N) is 1. The Morgan fingerprint density at radius 3 is 2.74 bits per heavy atom. The molecule has 1 amide bonds. The van der Waals surface area contributed by atoms with E-state index in [1.54, 1.807) is 0 Å². The fraction of sp³-hybridized carbons (Fsp3) is 0.588. The summed E-state index contributed by atoms with van der Waals surface area (Å²) in [5.41, 5.74) is 1.64. The maximum absolute atomic E-state index is 12.3. The number of fused-ring (bicyclic) bond motifs is 1. The predicted molar refractivity (Wildman–Crippen MR) is 76.5 cm³/mol. The molecule has 1 aliphatic heterocycles. The van der Waals surface area contributed by atoms with Crippen molar-refractivity contribution in [2.24, 2.45) is 11.3 Å². The van der Waals surface area contributed by atoms with Crippen LogP contribution in [-0.4, -0.2) is 16.8 Å². The molecule has 1 saturated carbocycles. The van der Waals surface area contributed by atoms with Crippen LogP contribution in [0.2, 0.25) is 0 Å². The minimum Gasteiger partial charge on any atom is -0.335 e. The number of hydrogen-bond acceptors (Lipinski definition) is 1. The standard InChI is InChI=1S/C17H23NO/c1-17(2)9-8-14-10-16(19)18(15(14)11-17)12-13-6-4-3-5-7-13/h3-7,14-15H,8-12H2,1-2H3/t14-,15-/m0/s1. The second kappa shape index (κ2) is 4.66. The minimum absolute atomic E-state index is 0.358. The first kappa shape index (κ1) is 12.7. The van der Waals surface area contributed by atoms with E-state index in [0.717, 1.165) is 19.4 Å². The molecular weight excluding hydrogens is 234 g/mol. The number of carbonyl (C=O) groups is 1. The molecule has 2 fully saturated rings. The average Bonchev–Trinajstić information content (AvgIpc) is 2.66. The van der Waals surface area contributed by atoms with Crippen LogP contribution in [0.15, 0.2) is 30.3 Å². The first-order valence-electron chi connectivity index (χ1n) is 7.39. The molecule has 2 atom stereocenters. The topological polar surface area (TPSA) is 20.3 Å². The molecule has 0 spiro atoms. The van der Waals surface area contributed by atoms with Crippen molar-refractivity contribution in [2.45, 2.75) is 52.1 Å². The van der Waals surface area contributed by atoms with E-state index < -0.39 is 0 Å². The molecule has 0 aromatic heterocycles. The van der Waals surface area contributed by atoms with E-state index in [1.807, 2.05) is 6.07 Å². The van der Waals surface area contributed by atoms with Gasteiger partial charge in [-0.2, -0.15) is 0 Å². The molecule has 1 aromatic rings. The van der Waals surface area contributed by atoms with Gasteiger partial charge in [-0.25, -0.2) is 0 Å². The van der Waals surface area contributed by atoms with Crippen molar-refractivity contribution in [2.75, 3.05) is 0 Å². The predicted octanol–water partition coefficient (Wildman–Crippen LogP) is 3.61. The average molecular weight is 257 g/mol. The summed E-state index contributed by atoms with van der Waals surface area (Å²) >= 11 is 0. The number of amides is 1. The highest BCUT2D eigenvalue weighted by atomic mass is 16.2. The van der Waals surface area contributed by atoms with Crippen LogP contribution in [-0.2, 0) is 11.3 Å². The lowest BCUT2D eigenvalue weighted by molar-refractivity contribution is -0.129. The Kier molecular flexibility index (Phi) is 3.12. The van der Waals surface area contributed by atoms with Gasteiger partial charge in [0.05, 0.1) is 0 Å². The lowest BCUT2D eigenvalue weighted by Gasteiger charge is -2.40. The molecule has 19 heavy (non-hydrogen) atoms. The van der Waals surface area contributed by atoms with Gasteiger partial charge in [0, 0.05) is 19.0 Å². The third kappa shape index (κ3) is 2.54. The van der Waals surface area contributed by atoms with Crippen LogP contribution < -0.4 is 0 Å². The fourth-order valence-corrected chi connectivity index (χ4v) is 3.72. The molecular formula is C17H23NO. The number of carbonyl (C=O) groups excluding carboxylic acids is 1. The second-order valence-corrected chi connectivity index (χ2v) is 6.95. The molecule has 0 radical (unpaired) electrons. The lowest BCUT2D eigenvalue weighted by atomic mass is 9.70. The SMILES string of the molecule is CC1(C)CC[C@H]2CC(=O)N(Cc3ccccc3)[C@H]2C1. The zero-order chi connectivity index (χ0) is 13.5. The monoisotopic (exact) mass is 257 g/mol. The van der Waals surface area contributed by atoms with Crippen molar-refractivity contribution in [1.82, 2.24) is 4.90 Å². The molecule has 1 saturated heterocycles. The highest BCUT2D eigenvalue weighted by molar-refractivity contribution is 5.79. The van der Waals surface area contributed by atoms with Gasteiger partial charge in [-0.05, 0) is 36.2 Å². The zero-order valence-corrected chi connectivity index (χ0v) is 11.9. The molecule has 1 aliphatic carbocycles. The smallest absolute Gasteiger partial charge is 0.223 e. The van der Waals surface area contributed by atoms with E-state index in [-0.39, 0.29) is 0 Å². The van der Waals surface area contributed by atoms with Crippen LogP contribution >= 0.6 is 0 Å². The van der Waals surface area contributed by atoms with Crippen molar-refractivity contribution < 1.29 is 4.79 Å². The largest absolute Gasteiger partial charge is 0.335 e. The second-order valence-electron chi connectivity index (χ2n) is 6.95. The van der Waals surface area contributed by atoms with Crippen molar-refractivity contribution in [3.8, 4) is 0 Å². The molecule has 2 nitrogen and oxygen atoms in total. The molecule has 3 rings (SSSR count). The minimum atomic E-state index is 0.358. The van der Waals surface area contributed by atoms with Gasteiger partial charge in [0.1, 0.15) is 0 Å². The number of likely N-dealkylation sites (tertiary alicyclic amines) is 1. The van der Waals surface area contributed by atoms with Crippen molar-refractivity contribution >= 4 is 5.91 Å². The van der Waals surface area contributed by atoms with E-state index >= 15 is 0 Å². The summed E-state index contributed by atoms with van der Waals surface area (Å²) in [7, 11) is 0. The molecule has 0 bridgehead atoms. The Morgan fingerprint density at radius 2 is 2.00 bits per heavy atom.